The SMILES string of the molecule is CCOC(=O)N1CCC2C(CC3C(=O)O[C@H](C)C3C2/C=C/c2ccc(-c3cccc(F)c3F)cn2)C1. The Hall–Kier alpha value is -3.29. The number of ether oxygens (including phenoxy) is 2. The van der Waals surface area contributed by atoms with Crippen LogP contribution in [0, 0.1) is 41.2 Å². The molecule has 3 heterocycles. The normalized spacial score (nSPS) is 29.6. The van der Waals surface area contributed by atoms with Crippen LogP contribution in [0.25, 0.3) is 17.2 Å². The highest BCUT2D eigenvalue weighted by molar-refractivity contribution is 5.76. The van der Waals surface area contributed by atoms with Gasteiger partial charge in [0.2, 0.25) is 0 Å². The minimum atomic E-state index is -0.894. The van der Waals surface area contributed by atoms with Gasteiger partial charge in [-0.05, 0) is 62.7 Å². The third-order valence-corrected chi connectivity index (χ3v) is 7.96. The van der Waals surface area contributed by atoms with E-state index in [2.05, 4.69) is 11.1 Å². The first-order valence-corrected chi connectivity index (χ1v) is 12.6. The fourth-order valence-electron chi connectivity index (χ4n) is 6.34. The zero-order valence-corrected chi connectivity index (χ0v) is 20.4. The van der Waals surface area contributed by atoms with Gasteiger partial charge in [-0.2, -0.15) is 0 Å². The molecule has 5 unspecified atom stereocenters. The number of cyclic esters (lactones) is 1. The van der Waals surface area contributed by atoms with Crippen LogP contribution in [0.3, 0.4) is 0 Å². The summed E-state index contributed by atoms with van der Waals surface area (Å²) in [6.45, 7) is 5.28. The van der Waals surface area contributed by atoms with Gasteiger partial charge in [-0.15, -0.1) is 0 Å². The van der Waals surface area contributed by atoms with E-state index < -0.39 is 11.6 Å². The largest absolute Gasteiger partial charge is 0.462 e. The number of piperidine rings is 1. The topological polar surface area (TPSA) is 68.7 Å². The Morgan fingerprint density at radius 1 is 1.28 bits per heavy atom. The number of benzene rings is 1. The molecule has 8 heteroatoms. The van der Waals surface area contributed by atoms with Gasteiger partial charge in [0.05, 0.1) is 18.2 Å². The summed E-state index contributed by atoms with van der Waals surface area (Å²) in [5.41, 5.74) is 1.35. The van der Waals surface area contributed by atoms with Crippen LogP contribution in [0.2, 0.25) is 0 Å². The molecular formula is C28H30F2N2O4. The van der Waals surface area contributed by atoms with Gasteiger partial charge in [-0.3, -0.25) is 9.78 Å². The number of amides is 1. The maximum absolute atomic E-state index is 14.2. The number of pyridine rings is 1. The highest BCUT2D eigenvalue weighted by atomic mass is 19.2. The number of likely N-dealkylation sites (tertiary alicyclic amines) is 1. The van der Waals surface area contributed by atoms with Gasteiger partial charge in [0.1, 0.15) is 6.10 Å². The van der Waals surface area contributed by atoms with E-state index in [-0.39, 0.29) is 47.4 Å². The first-order valence-electron chi connectivity index (χ1n) is 12.6. The van der Waals surface area contributed by atoms with Gasteiger partial charge in [-0.1, -0.05) is 24.3 Å². The van der Waals surface area contributed by atoms with Crippen molar-refractivity contribution in [3.05, 3.63) is 59.9 Å². The fraction of sp³-hybridized carbons (Fsp3) is 0.464. The quantitative estimate of drug-likeness (QED) is 0.535. The molecule has 3 aliphatic rings. The van der Waals surface area contributed by atoms with Crippen LogP contribution in [-0.4, -0.2) is 47.7 Å². The molecule has 1 aliphatic carbocycles. The van der Waals surface area contributed by atoms with E-state index in [1.807, 2.05) is 13.0 Å². The maximum Gasteiger partial charge on any atom is 0.409 e. The summed E-state index contributed by atoms with van der Waals surface area (Å²) in [5, 5.41) is 0. The summed E-state index contributed by atoms with van der Waals surface area (Å²) in [5.74, 6) is -1.47. The second kappa shape index (κ2) is 9.99. The van der Waals surface area contributed by atoms with Crippen molar-refractivity contribution >= 4 is 18.1 Å². The minimum Gasteiger partial charge on any atom is -0.462 e. The zero-order chi connectivity index (χ0) is 25.4. The first-order chi connectivity index (χ1) is 17.4. The Bertz CT molecular complexity index is 1170. The predicted octanol–water partition coefficient (Wildman–Crippen LogP) is 5.33. The summed E-state index contributed by atoms with van der Waals surface area (Å²) in [6, 6.07) is 7.58. The van der Waals surface area contributed by atoms with Crippen molar-refractivity contribution < 1.29 is 27.8 Å². The molecule has 0 bridgehead atoms. The molecular weight excluding hydrogens is 466 g/mol. The van der Waals surface area contributed by atoms with Gasteiger partial charge in [0, 0.05) is 36.3 Å². The van der Waals surface area contributed by atoms with E-state index in [1.165, 1.54) is 18.3 Å². The van der Waals surface area contributed by atoms with Crippen LogP contribution in [0.15, 0.2) is 42.6 Å². The summed E-state index contributed by atoms with van der Waals surface area (Å²) < 4.78 is 38.6. The number of esters is 1. The Balaban J connectivity index is 1.38. The molecule has 1 amide bonds. The van der Waals surface area contributed by atoms with E-state index >= 15 is 0 Å². The first kappa shape index (κ1) is 24.4. The molecule has 2 aromatic rings. The Kier molecular flexibility index (Phi) is 6.77. The van der Waals surface area contributed by atoms with Crippen molar-refractivity contribution in [3.8, 4) is 11.1 Å². The molecule has 1 aromatic heterocycles. The minimum absolute atomic E-state index is 0.0739. The molecule has 2 aliphatic heterocycles. The molecule has 2 saturated heterocycles. The van der Waals surface area contributed by atoms with Gasteiger partial charge in [0.25, 0.3) is 0 Å². The molecule has 0 N–H and O–H groups in total. The Morgan fingerprint density at radius 2 is 2.11 bits per heavy atom. The number of fused-ring (bicyclic) bond motifs is 2. The van der Waals surface area contributed by atoms with Crippen LogP contribution in [0.4, 0.5) is 13.6 Å². The van der Waals surface area contributed by atoms with Crippen molar-refractivity contribution in [2.24, 2.45) is 29.6 Å². The molecule has 1 saturated carbocycles. The number of nitrogens with zero attached hydrogens (tertiary/aromatic N) is 2. The molecule has 3 fully saturated rings. The van der Waals surface area contributed by atoms with Gasteiger partial charge < -0.3 is 14.4 Å². The second-order valence-corrected chi connectivity index (χ2v) is 9.93. The third kappa shape index (κ3) is 4.49. The van der Waals surface area contributed by atoms with Crippen molar-refractivity contribution in [1.82, 2.24) is 9.88 Å². The summed E-state index contributed by atoms with van der Waals surface area (Å²) in [4.78, 5) is 31.2. The Labute approximate surface area is 209 Å². The maximum atomic E-state index is 14.2. The molecule has 0 spiro atoms. The van der Waals surface area contributed by atoms with Crippen molar-refractivity contribution in [2.75, 3.05) is 19.7 Å². The number of hydrogen-bond acceptors (Lipinski definition) is 5. The van der Waals surface area contributed by atoms with Crippen molar-refractivity contribution in [3.63, 3.8) is 0 Å². The summed E-state index contributed by atoms with van der Waals surface area (Å²) >= 11 is 0. The molecule has 1 aromatic carbocycles. The molecule has 36 heavy (non-hydrogen) atoms. The van der Waals surface area contributed by atoms with E-state index in [1.54, 1.807) is 24.0 Å². The number of carbonyl (C=O) groups is 2. The van der Waals surface area contributed by atoms with Gasteiger partial charge in [0.15, 0.2) is 11.6 Å². The van der Waals surface area contributed by atoms with E-state index in [0.29, 0.717) is 43.3 Å². The lowest BCUT2D eigenvalue weighted by Gasteiger charge is -2.48. The highest BCUT2D eigenvalue weighted by Gasteiger charge is 2.54. The van der Waals surface area contributed by atoms with Crippen LogP contribution >= 0.6 is 0 Å². The number of allylic oxidation sites excluding steroid dienone is 1. The Morgan fingerprint density at radius 3 is 2.86 bits per heavy atom. The molecule has 190 valence electrons. The van der Waals surface area contributed by atoms with E-state index in [0.717, 1.165) is 12.5 Å². The van der Waals surface area contributed by atoms with Crippen LogP contribution in [0.1, 0.15) is 32.4 Å². The number of aromatic nitrogens is 1. The average Bonchev–Trinajstić information content (AvgIpc) is 3.16. The number of carbonyl (C=O) groups excluding carboxylic acids is 2. The van der Waals surface area contributed by atoms with E-state index in [9.17, 15) is 18.4 Å². The molecule has 0 radical (unpaired) electrons. The number of rotatable bonds is 4. The lowest BCUT2D eigenvalue weighted by atomic mass is 9.59. The van der Waals surface area contributed by atoms with Gasteiger partial charge in [-0.25, -0.2) is 13.6 Å². The van der Waals surface area contributed by atoms with Crippen molar-refractivity contribution in [1.29, 1.82) is 0 Å². The smallest absolute Gasteiger partial charge is 0.409 e. The fourth-order valence-corrected chi connectivity index (χ4v) is 6.34. The second-order valence-electron chi connectivity index (χ2n) is 9.93. The van der Waals surface area contributed by atoms with Gasteiger partial charge >= 0.3 is 12.1 Å². The monoisotopic (exact) mass is 496 g/mol. The summed E-state index contributed by atoms with van der Waals surface area (Å²) in [6.07, 6.45) is 6.66. The van der Waals surface area contributed by atoms with Crippen LogP contribution in [-0.2, 0) is 14.3 Å². The van der Waals surface area contributed by atoms with E-state index in [4.69, 9.17) is 9.47 Å². The predicted molar refractivity (Wildman–Crippen MR) is 129 cm³/mol. The standard InChI is InChI=1S/C28H30F2N2O4/c1-3-35-28(34)32-12-11-20-18(15-32)13-23-25(16(2)36-27(23)33)22(20)10-9-19-8-7-17(14-31-19)21-5-4-6-24(29)26(21)30/h4-10,14,16,18,20,22-23,25H,3,11-13,15H2,1-2H3/b10-9+/t16-,18?,20?,22?,23?,25?/m1/s1. The average molecular weight is 497 g/mol. The zero-order valence-electron chi connectivity index (χ0n) is 20.4. The number of halogens is 2. The van der Waals surface area contributed by atoms with Crippen LogP contribution < -0.4 is 0 Å². The summed E-state index contributed by atoms with van der Waals surface area (Å²) in [7, 11) is 0. The number of hydrogen-bond donors (Lipinski definition) is 0. The molecule has 5 rings (SSSR count). The highest BCUT2D eigenvalue weighted by Crippen LogP contribution is 2.51. The molecule has 6 atom stereocenters. The van der Waals surface area contributed by atoms with Crippen molar-refractivity contribution in [2.45, 2.75) is 32.8 Å². The third-order valence-electron chi connectivity index (χ3n) is 7.96. The molecule has 6 nitrogen and oxygen atoms in total. The lowest BCUT2D eigenvalue weighted by Crippen LogP contribution is -2.51. The lowest BCUT2D eigenvalue weighted by molar-refractivity contribution is -0.144. The van der Waals surface area contributed by atoms with Crippen LogP contribution in [0.5, 0.6) is 0 Å².